The summed E-state index contributed by atoms with van der Waals surface area (Å²) in [5.74, 6) is 1.43. The van der Waals surface area contributed by atoms with Gasteiger partial charge in [0.2, 0.25) is 0 Å². The predicted molar refractivity (Wildman–Crippen MR) is 121 cm³/mol. The lowest BCUT2D eigenvalue weighted by molar-refractivity contribution is 0.101. The van der Waals surface area contributed by atoms with Crippen LogP contribution >= 0.6 is 0 Å². The lowest BCUT2D eigenvalue weighted by Crippen LogP contribution is -2.13. The normalized spacial score (nSPS) is 10.1. The van der Waals surface area contributed by atoms with Crippen LogP contribution < -0.4 is 29.6 Å². The van der Waals surface area contributed by atoms with Crippen LogP contribution in [0.25, 0.3) is 0 Å². The Kier molecular flexibility index (Phi) is 7.17. The van der Waals surface area contributed by atoms with Crippen molar-refractivity contribution in [3.63, 3.8) is 0 Å². The first-order chi connectivity index (χ1) is 15.4. The third-order valence-electron chi connectivity index (χ3n) is 4.63. The molecule has 3 aromatic carbocycles. The van der Waals surface area contributed by atoms with Gasteiger partial charge in [0.05, 0.1) is 28.4 Å². The molecule has 166 valence electrons. The molecule has 0 saturated carbocycles. The number of hydrogen-bond acceptors (Lipinski definition) is 6. The molecule has 0 aromatic heterocycles. The fourth-order valence-electron chi connectivity index (χ4n) is 2.92. The molecule has 0 fully saturated rings. The van der Waals surface area contributed by atoms with Crippen molar-refractivity contribution in [3.8, 4) is 23.0 Å². The van der Waals surface area contributed by atoms with E-state index in [9.17, 15) is 9.59 Å². The second-order valence-electron chi connectivity index (χ2n) is 6.69. The fraction of sp³-hybridized carbons (Fsp3) is 0.167. The molecule has 0 radical (unpaired) electrons. The zero-order chi connectivity index (χ0) is 23.1. The summed E-state index contributed by atoms with van der Waals surface area (Å²) in [6, 6.07) is 16.6. The Hall–Kier alpha value is -4.20. The van der Waals surface area contributed by atoms with E-state index in [1.165, 1.54) is 28.4 Å². The number of benzene rings is 3. The van der Waals surface area contributed by atoms with Crippen LogP contribution in [0.4, 0.5) is 11.4 Å². The van der Waals surface area contributed by atoms with Crippen molar-refractivity contribution in [3.05, 3.63) is 71.8 Å². The quantitative estimate of drug-likeness (QED) is 0.549. The van der Waals surface area contributed by atoms with Crippen molar-refractivity contribution in [2.24, 2.45) is 0 Å². The number of carbonyl (C=O) groups excluding carboxylic acids is 2. The summed E-state index contributed by atoms with van der Waals surface area (Å²) in [7, 11) is 6.08. The highest BCUT2D eigenvalue weighted by Crippen LogP contribution is 2.25. The minimum absolute atomic E-state index is 0.317. The van der Waals surface area contributed by atoms with Crippen LogP contribution in [0.1, 0.15) is 20.7 Å². The molecule has 0 saturated heterocycles. The van der Waals surface area contributed by atoms with Gasteiger partial charge in [0, 0.05) is 34.6 Å². The molecular formula is C24H24N2O6. The molecule has 0 atom stereocenters. The molecule has 2 N–H and O–H groups in total. The van der Waals surface area contributed by atoms with E-state index in [0.29, 0.717) is 45.5 Å². The Morgan fingerprint density at radius 3 is 1.06 bits per heavy atom. The van der Waals surface area contributed by atoms with Crippen LogP contribution in [0, 0.1) is 0 Å². The van der Waals surface area contributed by atoms with Crippen molar-refractivity contribution in [2.45, 2.75) is 0 Å². The molecule has 2 amide bonds. The van der Waals surface area contributed by atoms with E-state index in [2.05, 4.69) is 10.6 Å². The van der Waals surface area contributed by atoms with E-state index in [4.69, 9.17) is 18.9 Å². The van der Waals surface area contributed by atoms with Gasteiger partial charge >= 0.3 is 0 Å². The molecule has 0 aliphatic heterocycles. The Labute approximate surface area is 186 Å². The van der Waals surface area contributed by atoms with Gasteiger partial charge in [-0.15, -0.1) is 0 Å². The molecule has 0 aliphatic rings. The molecule has 8 heteroatoms. The van der Waals surface area contributed by atoms with Crippen molar-refractivity contribution in [1.82, 2.24) is 0 Å². The van der Waals surface area contributed by atoms with E-state index < -0.39 is 0 Å². The van der Waals surface area contributed by atoms with Gasteiger partial charge in [0.25, 0.3) is 11.8 Å². The molecule has 3 aromatic rings. The maximum absolute atomic E-state index is 12.6. The Morgan fingerprint density at radius 1 is 0.531 bits per heavy atom. The van der Waals surface area contributed by atoms with Crippen molar-refractivity contribution in [2.75, 3.05) is 39.1 Å². The van der Waals surface area contributed by atoms with Gasteiger partial charge < -0.3 is 29.6 Å². The number of anilines is 2. The summed E-state index contributed by atoms with van der Waals surface area (Å²) >= 11 is 0. The van der Waals surface area contributed by atoms with Gasteiger partial charge in [-0.3, -0.25) is 9.59 Å². The van der Waals surface area contributed by atoms with Crippen LogP contribution in [-0.4, -0.2) is 40.3 Å². The molecule has 8 nitrogen and oxygen atoms in total. The van der Waals surface area contributed by atoms with Gasteiger partial charge in [-0.1, -0.05) is 0 Å². The molecule has 0 bridgehead atoms. The van der Waals surface area contributed by atoms with E-state index in [1.54, 1.807) is 60.7 Å². The maximum atomic E-state index is 12.6. The van der Waals surface area contributed by atoms with Gasteiger partial charge in [0.15, 0.2) is 0 Å². The van der Waals surface area contributed by atoms with Gasteiger partial charge in [0.1, 0.15) is 23.0 Å². The first-order valence-electron chi connectivity index (χ1n) is 9.64. The molecule has 32 heavy (non-hydrogen) atoms. The van der Waals surface area contributed by atoms with Crippen LogP contribution in [-0.2, 0) is 0 Å². The smallest absolute Gasteiger partial charge is 0.255 e. The number of nitrogens with one attached hydrogen (secondary N) is 2. The second-order valence-corrected chi connectivity index (χ2v) is 6.69. The van der Waals surface area contributed by atoms with Crippen molar-refractivity contribution in [1.29, 1.82) is 0 Å². The molecule has 0 unspecified atom stereocenters. The third kappa shape index (κ3) is 5.48. The average molecular weight is 436 g/mol. The highest BCUT2D eigenvalue weighted by Gasteiger charge is 2.12. The summed E-state index contributed by atoms with van der Waals surface area (Å²) < 4.78 is 20.8. The highest BCUT2D eigenvalue weighted by atomic mass is 16.5. The Balaban J connectivity index is 1.69. The Morgan fingerprint density at radius 2 is 0.812 bits per heavy atom. The van der Waals surface area contributed by atoms with Crippen LogP contribution in [0.3, 0.4) is 0 Å². The summed E-state index contributed by atoms with van der Waals surface area (Å²) in [5, 5.41) is 5.61. The molecular weight excluding hydrogens is 412 g/mol. The molecule has 0 aliphatic carbocycles. The largest absolute Gasteiger partial charge is 0.497 e. The zero-order valence-corrected chi connectivity index (χ0v) is 18.2. The van der Waals surface area contributed by atoms with Crippen molar-refractivity contribution < 1.29 is 28.5 Å². The number of hydrogen-bond donors (Lipinski definition) is 2. The predicted octanol–water partition coefficient (Wildman–Crippen LogP) is 4.23. The van der Waals surface area contributed by atoms with Gasteiger partial charge in [-0.25, -0.2) is 0 Å². The van der Waals surface area contributed by atoms with Gasteiger partial charge in [-0.2, -0.15) is 0 Å². The lowest BCUT2D eigenvalue weighted by atomic mass is 10.1. The summed E-state index contributed by atoms with van der Waals surface area (Å²) in [4.78, 5) is 25.2. The van der Waals surface area contributed by atoms with E-state index >= 15 is 0 Å². The standard InChI is InChI=1S/C24H24N2O6/c1-29-19-9-15(10-20(13-19)30-2)23(27)25-17-5-7-18(8-6-17)26-24(28)16-11-21(31-3)14-22(12-16)32-4/h5-14H,1-4H3,(H,25,27)(H,26,28). The minimum Gasteiger partial charge on any atom is -0.497 e. The van der Waals surface area contributed by atoms with Crippen LogP contribution in [0.5, 0.6) is 23.0 Å². The van der Waals surface area contributed by atoms with Crippen molar-refractivity contribution >= 4 is 23.2 Å². The Bertz CT molecular complexity index is 979. The maximum Gasteiger partial charge on any atom is 0.255 e. The fourth-order valence-corrected chi connectivity index (χ4v) is 2.92. The average Bonchev–Trinajstić information content (AvgIpc) is 2.84. The summed E-state index contributed by atoms with van der Waals surface area (Å²) in [6.07, 6.45) is 0. The number of amides is 2. The van der Waals surface area contributed by atoms with E-state index in [1.807, 2.05) is 0 Å². The topological polar surface area (TPSA) is 95.1 Å². The zero-order valence-electron chi connectivity index (χ0n) is 18.2. The number of rotatable bonds is 8. The summed E-state index contributed by atoms with van der Waals surface area (Å²) in [6.45, 7) is 0. The highest BCUT2D eigenvalue weighted by molar-refractivity contribution is 6.06. The third-order valence-corrected chi connectivity index (χ3v) is 4.63. The first kappa shape index (κ1) is 22.5. The monoisotopic (exact) mass is 436 g/mol. The summed E-state index contributed by atoms with van der Waals surface area (Å²) in [5.41, 5.74) is 1.92. The molecule has 3 rings (SSSR count). The minimum atomic E-state index is -0.317. The molecule has 0 heterocycles. The number of ether oxygens (including phenoxy) is 4. The van der Waals surface area contributed by atoms with Crippen LogP contribution in [0.2, 0.25) is 0 Å². The van der Waals surface area contributed by atoms with Crippen LogP contribution in [0.15, 0.2) is 60.7 Å². The number of carbonyl (C=O) groups is 2. The SMILES string of the molecule is COc1cc(OC)cc(C(=O)Nc2ccc(NC(=O)c3cc(OC)cc(OC)c3)cc2)c1. The first-order valence-corrected chi connectivity index (χ1v) is 9.64. The second kappa shape index (κ2) is 10.2. The molecule has 0 spiro atoms. The van der Waals surface area contributed by atoms with E-state index in [-0.39, 0.29) is 11.8 Å². The van der Waals surface area contributed by atoms with Gasteiger partial charge in [-0.05, 0) is 48.5 Å². The lowest BCUT2D eigenvalue weighted by Gasteiger charge is -2.11. The van der Waals surface area contributed by atoms with E-state index in [0.717, 1.165) is 0 Å². The number of methoxy groups -OCH3 is 4.